The first-order valence-electron chi connectivity index (χ1n) is 8.77. The molecule has 0 radical (unpaired) electrons. The van der Waals surface area contributed by atoms with Crippen LogP contribution in [0.3, 0.4) is 0 Å². The molecule has 2 saturated heterocycles. The molecule has 8 nitrogen and oxygen atoms in total. The molecular weight excluding hydrogens is 306 g/mol. The highest BCUT2D eigenvalue weighted by molar-refractivity contribution is 5.82. The maximum absolute atomic E-state index is 5.90. The van der Waals surface area contributed by atoms with Crippen LogP contribution in [-0.4, -0.2) is 57.7 Å². The zero-order valence-corrected chi connectivity index (χ0v) is 13.9. The van der Waals surface area contributed by atoms with Gasteiger partial charge in [-0.2, -0.15) is 9.97 Å². The Labute approximate surface area is 141 Å². The van der Waals surface area contributed by atoms with Gasteiger partial charge in [0.1, 0.15) is 11.3 Å². The van der Waals surface area contributed by atoms with E-state index in [1.165, 1.54) is 19.3 Å². The predicted molar refractivity (Wildman–Crippen MR) is 92.5 cm³/mol. The van der Waals surface area contributed by atoms with E-state index >= 15 is 0 Å². The summed E-state index contributed by atoms with van der Waals surface area (Å²) in [5.74, 6) is 2.70. The third-order valence-corrected chi connectivity index (χ3v) is 5.27. The summed E-state index contributed by atoms with van der Waals surface area (Å²) in [6, 6.07) is 0. The smallest absolute Gasteiger partial charge is 0.224 e. The van der Waals surface area contributed by atoms with Crippen molar-refractivity contribution in [1.82, 2.24) is 24.8 Å². The number of nitrogens with one attached hydrogen (secondary N) is 1. The third kappa shape index (κ3) is 3.16. The van der Waals surface area contributed by atoms with E-state index in [0.29, 0.717) is 22.9 Å². The van der Waals surface area contributed by atoms with Crippen molar-refractivity contribution < 1.29 is 4.74 Å². The van der Waals surface area contributed by atoms with E-state index in [9.17, 15) is 0 Å². The summed E-state index contributed by atoms with van der Waals surface area (Å²) in [6.07, 6.45) is 4.79. The van der Waals surface area contributed by atoms with Crippen LogP contribution in [0.4, 0.5) is 11.8 Å². The molecule has 0 aromatic carbocycles. The summed E-state index contributed by atoms with van der Waals surface area (Å²) in [5, 5.41) is 0. The second-order valence-corrected chi connectivity index (χ2v) is 6.92. The van der Waals surface area contributed by atoms with Crippen LogP contribution in [0.1, 0.15) is 37.4 Å². The Morgan fingerprint density at radius 1 is 1.12 bits per heavy atom. The molecule has 0 aliphatic carbocycles. The summed E-state index contributed by atoms with van der Waals surface area (Å²) >= 11 is 0. The highest BCUT2D eigenvalue weighted by Crippen LogP contribution is 2.29. The van der Waals surface area contributed by atoms with Crippen LogP contribution in [0, 0.1) is 5.92 Å². The van der Waals surface area contributed by atoms with Crippen molar-refractivity contribution in [3.05, 3.63) is 5.82 Å². The lowest BCUT2D eigenvalue weighted by Crippen LogP contribution is -2.25. The minimum Gasteiger partial charge on any atom is -0.382 e. The number of rotatable bonds is 4. The second kappa shape index (κ2) is 6.52. The number of aromatic amines is 1. The molecule has 4 rings (SSSR count). The lowest BCUT2D eigenvalue weighted by Gasteiger charge is -2.24. The molecule has 2 aromatic heterocycles. The van der Waals surface area contributed by atoms with Crippen molar-refractivity contribution in [2.75, 3.05) is 44.3 Å². The number of hydrogen-bond acceptors (Lipinski definition) is 7. The van der Waals surface area contributed by atoms with Crippen LogP contribution in [-0.2, 0) is 4.74 Å². The van der Waals surface area contributed by atoms with E-state index in [-0.39, 0.29) is 5.95 Å². The number of nitrogens with two attached hydrogens (primary N) is 2. The minimum absolute atomic E-state index is 0.169. The number of likely N-dealkylation sites (tertiary alicyclic amines) is 1. The molecule has 0 bridgehead atoms. The van der Waals surface area contributed by atoms with E-state index < -0.39 is 0 Å². The van der Waals surface area contributed by atoms with Gasteiger partial charge in [0.2, 0.25) is 5.95 Å². The van der Waals surface area contributed by atoms with Crippen LogP contribution >= 0.6 is 0 Å². The summed E-state index contributed by atoms with van der Waals surface area (Å²) in [4.78, 5) is 18.6. The normalized spacial score (nSPS) is 23.2. The Balaban J connectivity index is 1.38. The van der Waals surface area contributed by atoms with Crippen molar-refractivity contribution in [3.63, 3.8) is 0 Å². The molecule has 130 valence electrons. The summed E-state index contributed by atoms with van der Waals surface area (Å²) in [7, 11) is 0. The standard InChI is InChI=1S/C16H25N7O/c17-13-12-15(22-16(18)20-13)21-14(19-12)11-2-6-23(9-11)5-1-10-3-7-24-8-4-10/h10-11H,1-9H2,(H5,17,18,19,20,21,22). The highest BCUT2D eigenvalue weighted by atomic mass is 16.5. The Morgan fingerprint density at radius 3 is 2.79 bits per heavy atom. The van der Waals surface area contributed by atoms with Crippen LogP contribution in [0.5, 0.6) is 0 Å². The zero-order valence-electron chi connectivity index (χ0n) is 13.9. The molecule has 0 saturated carbocycles. The number of nitrogens with zero attached hydrogens (tertiary/aromatic N) is 4. The van der Waals surface area contributed by atoms with Gasteiger partial charge in [0, 0.05) is 25.7 Å². The van der Waals surface area contributed by atoms with Gasteiger partial charge in [-0.1, -0.05) is 0 Å². The fourth-order valence-electron chi connectivity index (χ4n) is 3.81. The van der Waals surface area contributed by atoms with Gasteiger partial charge in [0.25, 0.3) is 0 Å². The molecule has 5 N–H and O–H groups in total. The minimum atomic E-state index is 0.169. The molecule has 2 aromatic rings. The number of anilines is 2. The number of fused-ring (bicyclic) bond motifs is 1. The molecular formula is C16H25N7O. The Bertz CT molecular complexity index is 710. The number of aromatic nitrogens is 4. The van der Waals surface area contributed by atoms with E-state index in [4.69, 9.17) is 16.2 Å². The van der Waals surface area contributed by atoms with Crippen molar-refractivity contribution >= 4 is 22.9 Å². The first-order chi connectivity index (χ1) is 11.7. The first-order valence-corrected chi connectivity index (χ1v) is 8.77. The van der Waals surface area contributed by atoms with Gasteiger partial charge in [-0.05, 0) is 44.7 Å². The lowest BCUT2D eigenvalue weighted by atomic mass is 9.96. The largest absolute Gasteiger partial charge is 0.382 e. The van der Waals surface area contributed by atoms with E-state index in [1.807, 2.05) is 0 Å². The van der Waals surface area contributed by atoms with Crippen LogP contribution in [0.2, 0.25) is 0 Å². The molecule has 4 heterocycles. The SMILES string of the molecule is Nc1nc(N)c2[nH]c(C3CCN(CCC4CCOCC4)C3)nc2n1. The third-order valence-electron chi connectivity index (χ3n) is 5.27. The van der Waals surface area contributed by atoms with Crippen molar-refractivity contribution in [2.24, 2.45) is 5.92 Å². The van der Waals surface area contributed by atoms with Crippen LogP contribution in [0.15, 0.2) is 0 Å². The lowest BCUT2D eigenvalue weighted by molar-refractivity contribution is 0.0609. The highest BCUT2D eigenvalue weighted by Gasteiger charge is 2.27. The second-order valence-electron chi connectivity index (χ2n) is 6.92. The molecule has 2 aliphatic heterocycles. The number of imidazole rings is 1. The Morgan fingerprint density at radius 2 is 1.96 bits per heavy atom. The van der Waals surface area contributed by atoms with Crippen molar-refractivity contribution in [2.45, 2.75) is 31.6 Å². The zero-order chi connectivity index (χ0) is 16.5. The Hall–Kier alpha value is -1.93. The average molecular weight is 331 g/mol. The average Bonchev–Trinajstić information content (AvgIpc) is 3.20. The van der Waals surface area contributed by atoms with Crippen molar-refractivity contribution in [3.8, 4) is 0 Å². The molecule has 0 amide bonds. The maximum Gasteiger partial charge on any atom is 0.224 e. The van der Waals surface area contributed by atoms with Gasteiger partial charge in [-0.25, -0.2) is 4.98 Å². The van der Waals surface area contributed by atoms with Gasteiger partial charge >= 0.3 is 0 Å². The van der Waals surface area contributed by atoms with Gasteiger partial charge in [-0.15, -0.1) is 0 Å². The molecule has 2 aliphatic rings. The van der Waals surface area contributed by atoms with Gasteiger partial charge < -0.3 is 26.1 Å². The first kappa shape index (κ1) is 15.6. The van der Waals surface area contributed by atoms with Crippen LogP contribution < -0.4 is 11.5 Å². The predicted octanol–water partition coefficient (Wildman–Crippen LogP) is 1.12. The molecule has 8 heteroatoms. The summed E-state index contributed by atoms with van der Waals surface area (Å²) in [6.45, 7) is 5.17. The fourth-order valence-corrected chi connectivity index (χ4v) is 3.81. The number of ether oxygens (including phenoxy) is 1. The summed E-state index contributed by atoms with van der Waals surface area (Å²) in [5.41, 5.74) is 12.8. The van der Waals surface area contributed by atoms with Gasteiger partial charge in [0.05, 0.1) is 0 Å². The van der Waals surface area contributed by atoms with Gasteiger partial charge in [0.15, 0.2) is 11.5 Å². The number of nitrogen functional groups attached to an aromatic ring is 2. The molecule has 1 unspecified atom stereocenters. The number of hydrogen-bond donors (Lipinski definition) is 3. The summed E-state index contributed by atoms with van der Waals surface area (Å²) < 4.78 is 5.44. The molecule has 1 atom stereocenters. The number of H-pyrrole nitrogens is 1. The quantitative estimate of drug-likeness (QED) is 0.768. The van der Waals surface area contributed by atoms with Crippen molar-refractivity contribution in [1.29, 1.82) is 0 Å². The maximum atomic E-state index is 5.90. The van der Waals surface area contributed by atoms with E-state index in [1.54, 1.807) is 0 Å². The van der Waals surface area contributed by atoms with Gasteiger partial charge in [-0.3, -0.25) is 0 Å². The Kier molecular flexibility index (Phi) is 4.24. The van der Waals surface area contributed by atoms with E-state index in [2.05, 4.69) is 24.8 Å². The monoisotopic (exact) mass is 331 g/mol. The fraction of sp³-hybridized carbons (Fsp3) is 0.688. The topological polar surface area (TPSA) is 119 Å². The molecule has 24 heavy (non-hydrogen) atoms. The van der Waals surface area contributed by atoms with Crippen LogP contribution in [0.25, 0.3) is 11.2 Å². The molecule has 0 spiro atoms. The molecule has 2 fully saturated rings. The van der Waals surface area contributed by atoms with E-state index in [0.717, 1.165) is 51.0 Å².